The van der Waals surface area contributed by atoms with Crippen molar-refractivity contribution >= 4 is 11.6 Å². The molecule has 0 spiro atoms. The van der Waals surface area contributed by atoms with Crippen LogP contribution in [0.5, 0.6) is 0 Å². The van der Waals surface area contributed by atoms with Crippen molar-refractivity contribution in [3.05, 3.63) is 82.4 Å². The van der Waals surface area contributed by atoms with Gasteiger partial charge in [0.1, 0.15) is 6.33 Å². The van der Waals surface area contributed by atoms with E-state index >= 15 is 0 Å². The molecule has 33 heavy (non-hydrogen) atoms. The van der Waals surface area contributed by atoms with Gasteiger partial charge in [0.05, 0.1) is 10.7 Å². The Morgan fingerprint density at radius 2 is 1.03 bits per heavy atom. The summed E-state index contributed by atoms with van der Waals surface area (Å²) in [6.07, 6.45) is 6.83. The molecule has 0 saturated heterocycles. The van der Waals surface area contributed by atoms with Gasteiger partial charge in [0.25, 0.3) is 0 Å². The summed E-state index contributed by atoms with van der Waals surface area (Å²) >= 11 is 5.79. The Hall–Kier alpha value is -2.33. The Morgan fingerprint density at radius 3 is 1.27 bits per heavy atom. The lowest BCUT2D eigenvalue weighted by Gasteiger charge is -2.05. The minimum absolute atomic E-state index is 0. The van der Waals surface area contributed by atoms with Crippen LogP contribution in [0.1, 0.15) is 110 Å². The van der Waals surface area contributed by atoms with E-state index in [9.17, 15) is 0 Å². The molecule has 3 aromatic rings. The summed E-state index contributed by atoms with van der Waals surface area (Å²) in [7, 11) is 0. The van der Waals surface area contributed by atoms with Crippen LogP contribution in [0, 0.1) is 13.8 Å². The molecule has 3 rings (SSSR count). The van der Waals surface area contributed by atoms with Crippen molar-refractivity contribution in [2.45, 2.75) is 95.4 Å². The van der Waals surface area contributed by atoms with Crippen LogP contribution in [-0.4, -0.2) is 19.9 Å². The monoisotopic (exact) mass is 474 g/mol. The molecule has 0 aliphatic heterocycles. The zero-order chi connectivity index (χ0) is 22.7. The predicted molar refractivity (Wildman–Crippen MR) is 147 cm³/mol. The first-order valence-corrected chi connectivity index (χ1v) is 10.8. The van der Waals surface area contributed by atoms with E-state index in [1.807, 2.05) is 38.4 Å². The summed E-state index contributed by atoms with van der Waals surface area (Å²) in [5.41, 5.74) is 5.91. The standard InChI is InChI=1S/2C9H13N.C7H9ClN2.3CH4/c2*1-7(2)9-8(3)5-4-6-10-9;1-5(2)7-6(8)3-9-4-10-7;;;/h2*4-7H,1-3H3;3-5H,1-2H3;3*1H4. The molecular weight excluding hydrogens is 428 g/mol. The topological polar surface area (TPSA) is 51.6 Å². The van der Waals surface area contributed by atoms with Gasteiger partial charge in [-0.2, -0.15) is 0 Å². The summed E-state index contributed by atoms with van der Waals surface area (Å²) < 4.78 is 0. The van der Waals surface area contributed by atoms with E-state index in [-0.39, 0.29) is 22.3 Å². The van der Waals surface area contributed by atoms with Crippen molar-refractivity contribution in [3.8, 4) is 0 Å². The molecule has 0 radical (unpaired) electrons. The minimum Gasteiger partial charge on any atom is -0.261 e. The first-order valence-electron chi connectivity index (χ1n) is 10.4. The van der Waals surface area contributed by atoms with Gasteiger partial charge in [-0.1, -0.05) is 87.6 Å². The SMILES string of the molecule is C.C.C.CC(C)c1ncncc1Cl.Cc1cccnc1C(C)C.Cc1cccnc1C(C)C. The smallest absolute Gasteiger partial charge is 0.115 e. The van der Waals surface area contributed by atoms with Crippen LogP contribution < -0.4 is 0 Å². The van der Waals surface area contributed by atoms with Crippen LogP contribution in [0.3, 0.4) is 0 Å². The van der Waals surface area contributed by atoms with Gasteiger partial charge in [0.2, 0.25) is 0 Å². The number of pyridine rings is 2. The molecule has 186 valence electrons. The second kappa shape index (κ2) is 18.1. The maximum Gasteiger partial charge on any atom is 0.115 e. The van der Waals surface area contributed by atoms with Gasteiger partial charge >= 0.3 is 0 Å². The van der Waals surface area contributed by atoms with Crippen LogP contribution in [-0.2, 0) is 0 Å². The van der Waals surface area contributed by atoms with Gasteiger partial charge in [-0.05, 0) is 54.9 Å². The second-order valence-corrected chi connectivity index (χ2v) is 8.54. The molecule has 0 bridgehead atoms. The zero-order valence-corrected chi connectivity index (χ0v) is 20.3. The van der Waals surface area contributed by atoms with Crippen LogP contribution >= 0.6 is 11.6 Å². The Labute approximate surface area is 209 Å². The fourth-order valence-electron chi connectivity index (χ4n) is 2.95. The number of aryl methyl sites for hydroxylation is 2. The molecule has 3 heterocycles. The highest BCUT2D eigenvalue weighted by molar-refractivity contribution is 6.31. The van der Waals surface area contributed by atoms with Crippen molar-refractivity contribution in [3.63, 3.8) is 0 Å². The molecule has 0 unspecified atom stereocenters. The number of hydrogen-bond donors (Lipinski definition) is 0. The summed E-state index contributed by atoms with van der Waals surface area (Å²) in [6, 6.07) is 8.15. The average Bonchev–Trinajstić information content (AvgIpc) is 2.69. The lowest BCUT2D eigenvalue weighted by Crippen LogP contribution is -1.94. The van der Waals surface area contributed by atoms with Gasteiger partial charge < -0.3 is 0 Å². The first-order chi connectivity index (χ1) is 14.1. The highest BCUT2D eigenvalue weighted by Crippen LogP contribution is 2.19. The van der Waals surface area contributed by atoms with E-state index in [1.165, 1.54) is 28.8 Å². The number of halogens is 1. The van der Waals surface area contributed by atoms with Crippen molar-refractivity contribution in [1.29, 1.82) is 0 Å². The summed E-state index contributed by atoms with van der Waals surface area (Å²) in [6.45, 7) is 16.9. The minimum atomic E-state index is 0. The number of hydrogen-bond acceptors (Lipinski definition) is 4. The molecule has 0 amide bonds. The van der Waals surface area contributed by atoms with E-state index in [0.717, 1.165) is 5.69 Å². The maximum absolute atomic E-state index is 5.79. The first kappa shape index (κ1) is 35.3. The van der Waals surface area contributed by atoms with E-state index in [1.54, 1.807) is 6.20 Å². The third-order valence-corrected chi connectivity index (χ3v) is 4.73. The fraction of sp³-hybridized carbons (Fsp3) is 0.500. The van der Waals surface area contributed by atoms with Gasteiger partial charge in [0.15, 0.2) is 0 Å². The molecule has 0 atom stereocenters. The third kappa shape index (κ3) is 12.5. The summed E-state index contributed by atoms with van der Waals surface area (Å²) in [5.74, 6) is 1.46. The van der Waals surface area contributed by atoms with Crippen molar-refractivity contribution in [2.24, 2.45) is 0 Å². The molecule has 0 N–H and O–H groups in total. The number of nitrogens with zero attached hydrogens (tertiary/aromatic N) is 4. The highest BCUT2D eigenvalue weighted by Gasteiger charge is 2.04. The average molecular weight is 475 g/mol. The van der Waals surface area contributed by atoms with E-state index in [0.29, 0.717) is 22.8 Å². The zero-order valence-electron chi connectivity index (χ0n) is 19.5. The Bertz CT molecular complexity index is 775. The molecular formula is C28H47ClN4. The molecule has 0 aliphatic carbocycles. The Morgan fingerprint density at radius 1 is 0.636 bits per heavy atom. The lowest BCUT2D eigenvalue weighted by molar-refractivity contribution is 0.811. The number of aromatic nitrogens is 4. The molecule has 0 aromatic carbocycles. The molecule has 0 aliphatic rings. The largest absolute Gasteiger partial charge is 0.261 e. The van der Waals surface area contributed by atoms with Gasteiger partial charge in [0, 0.05) is 30.0 Å². The maximum atomic E-state index is 5.79. The van der Waals surface area contributed by atoms with E-state index < -0.39 is 0 Å². The van der Waals surface area contributed by atoms with Crippen LogP contribution in [0.15, 0.2) is 49.2 Å². The third-order valence-electron chi connectivity index (χ3n) is 4.44. The van der Waals surface area contributed by atoms with Crippen LogP contribution in [0.4, 0.5) is 0 Å². The van der Waals surface area contributed by atoms with Crippen LogP contribution in [0.2, 0.25) is 5.02 Å². The summed E-state index contributed by atoms with van der Waals surface area (Å²) in [4.78, 5) is 16.4. The van der Waals surface area contributed by atoms with E-state index in [4.69, 9.17) is 11.6 Å². The highest BCUT2D eigenvalue weighted by atomic mass is 35.5. The van der Waals surface area contributed by atoms with Crippen molar-refractivity contribution < 1.29 is 0 Å². The number of rotatable bonds is 3. The Balaban J connectivity index is -0.000000391. The fourth-order valence-corrected chi connectivity index (χ4v) is 3.27. The molecule has 5 heteroatoms. The second-order valence-electron chi connectivity index (χ2n) is 8.13. The van der Waals surface area contributed by atoms with Gasteiger partial charge in [-0.25, -0.2) is 9.97 Å². The van der Waals surface area contributed by atoms with Crippen molar-refractivity contribution in [1.82, 2.24) is 19.9 Å². The molecule has 4 nitrogen and oxygen atoms in total. The predicted octanol–water partition coefficient (Wildman–Crippen LogP) is 9.19. The Kier molecular flexibility index (Phi) is 19.4. The molecule has 0 fully saturated rings. The molecule has 0 saturated carbocycles. The molecule has 3 aromatic heterocycles. The lowest BCUT2D eigenvalue weighted by atomic mass is 10.1. The van der Waals surface area contributed by atoms with Gasteiger partial charge in [-0.15, -0.1) is 0 Å². The van der Waals surface area contributed by atoms with Gasteiger partial charge in [-0.3, -0.25) is 9.97 Å². The summed E-state index contributed by atoms with van der Waals surface area (Å²) in [5, 5.41) is 0.650. The quantitative estimate of drug-likeness (QED) is 0.379. The van der Waals surface area contributed by atoms with Crippen molar-refractivity contribution in [2.75, 3.05) is 0 Å². The van der Waals surface area contributed by atoms with E-state index in [2.05, 4.69) is 73.6 Å². The normalized spacial score (nSPS) is 9.45. The van der Waals surface area contributed by atoms with Crippen LogP contribution in [0.25, 0.3) is 0 Å².